The van der Waals surface area contributed by atoms with Gasteiger partial charge in [-0.3, -0.25) is 0 Å². The van der Waals surface area contributed by atoms with E-state index in [1.165, 1.54) is 0 Å². The summed E-state index contributed by atoms with van der Waals surface area (Å²) in [6, 6.07) is 15.7. The van der Waals surface area contributed by atoms with Gasteiger partial charge in [0.05, 0.1) is 23.9 Å². The maximum atomic E-state index is 10.3. The Morgan fingerprint density at radius 2 is 2.04 bits per heavy atom. The number of hydrogen-bond acceptors (Lipinski definition) is 3. The van der Waals surface area contributed by atoms with Gasteiger partial charge in [0.2, 0.25) is 0 Å². The van der Waals surface area contributed by atoms with Crippen molar-refractivity contribution < 1.29 is 9.84 Å². The van der Waals surface area contributed by atoms with Crippen LogP contribution in [0.3, 0.4) is 0 Å². The van der Waals surface area contributed by atoms with Gasteiger partial charge in [0.25, 0.3) is 0 Å². The lowest BCUT2D eigenvalue weighted by Gasteiger charge is -2.14. The van der Waals surface area contributed by atoms with E-state index in [-0.39, 0.29) is 6.61 Å². The zero-order chi connectivity index (χ0) is 15.6. The van der Waals surface area contributed by atoms with Gasteiger partial charge in [-0.15, -0.1) is 0 Å². The van der Waals surface area contributed by atoms with Crippen LogP contribution in [0.1, 0.15) is 0 Å². The Labute approximate surface area is 133 Å². The predicted molar refractivity (Wildman–Crippen MR) is 89.5 cm³/mol. The molecule has 0 saturated carbocycles. The Morgan fingerprint density at radius 1 is 1.13 bits per heavy atom. The summed E-state index contributed by atoms with van der Waals surface area (Å²) < 4.78 is 7.74. The number of aliphatic hydroxyl groups excluding tert-OH is 1. The average Bonchev–Trinajstić information content (AvgIpc) is 3.20. The molecule has 116 valence electrons. The number of nitrogens with one attached hydrogen (secondary N) is 1. The summed E-state index contributed by atoms with van der Waals surface area (Å²) in [5.41, 5.74) is 2.97. The Morgan fingerprint density at radius 3 is 3.00 bits per heavy atom. The van der Waals surface area contributed by atoms with Crippen molar-refractivity contribution in [2.75, 3.05) is 6.61 Å². The highest BCUT2D eigenvalue weighted by molar-refractivity contribution is 5.85. The minimum atomic E-state index is -0.609. The van der Waals surface area contributed by atoms with Crippen LogP contribution in [-0.2, 0) is 6.54 Å². The molecule has 2 aromatic carbocycles. The van der Waals surface area contributed by atoms with Gasteiger partial charge in [0.1, 0.15) is 18.5 Å². The number of imidazole rings is 1. The van der Waals surface area contributed by atoms with Crippen molar-refractivity contribution in [1.82, 2.24) is 14.5 Å². The average molecular weight is 307 g/mol. The summed E-state index contributed by atoms with van der Waals surface area (Å²) >= 11 is 0. The molecule has 23 heavy (non-hydrogen) atoms. The summed E-state index contributed by atoms with van der Waals surface area (Å²) in [6.45, 7) is 0.681. The van der Waals surface area contributed by atoms with Gasteiger partial charge < -0.3 is 19.4 Å². The third-order valence-corrected chi connectivity index (χ3v) is 3.92. The SMILES string of the molecule is O[C@@H](COc1cccc2[nH]ccc12)Cn1cnc2ccccc21. The van der Waals surface area contributed by atoms with E-state index in [2.05, 4.69) is 9.97 Å². The highest BCUT2D eigenvalue weighted by atomic mass is 16.5. The van der Waals surface area contributed by atoms with Gasteiger partial charge in [-0.25, -0.2) is 4.98 Å². The van der Waals surface area contributed by atoms with Gasteiger partial charge in [-0.1, -0.05) is 18.2 Å². The Hall–Kier alpha value is -2.79. The normalized spacial score (nSPS) is 12.7. The fourth-order valence-electron chi connectivity index (χ4n) is 2.80. The molecular weight excluding hydrogens is 290 g/mol. The minimum Gasteiger partial charge on any atom is -0.490 e. The highest BCUT2D eigenvalue weighted by Crippen LogP contribution is 2.24. The molecule has 4 aromatic rings. The number of hydrogen-bond donors (Lipinski definition) is 2. The van der Waals surface area contributed by atoms with Gasteiger partial charge in [-0.2, -0.15) is 0 Å². The van der Waals surface area contributed by atoms with E-state index in [4.69, 9.17) is 4.74 Å². The number of aromatic nitrogens is 3. The largest absolute Gasteiger partial charge is 0.490 e. The lowest BCUT2D eigenvalue weighted by atomic mass is 10.2. The summed E-state index contributed by atoms with van der Waals surface area (Å²) in [5.74, 6) is 0.776. The van der Waals surface area contributed by atoms with Crippen LogP contribution >= 0.6 is 0 Å². The van der Waals surface area contributed by atoms with E-state index in [0.717, 1.165) is 27.7 Å². The second-order valence-electron chi connectivity index (χ2n) is 5.55. The summed E-state index contributed by atoms with van der Waals surface area (Å²) in [7, 11) is 0. The number of aromatic amines is 1. The second-order valence-corrected chi connectivity index (χ2v) is 5.55. The third kappa shape index (κ3) is 2.66. The molecule has 4 rings (SSSR count). The first kappa shape index (κ1) is 13.8. The smallest absolute Gasteiger partial charge is 0.128 e. The molecule has 0 aliphatic rings. The number of H-pyrrole nitrogens is 1. The molecule has 0 bridgehead atoms. The van der Waals surface area contributed by atoms with Crippen molar-refractivity contribution in [1.29, 1.82) is 0 Å². The van der Waals surface area contributed by atoms with Crippen molar-refractivity contribution in [3.05, 3.63) is 61.1 Å². The number of benzene rings is 2. The zero-order valence-electron chi connectivity index (χ0n) is 12.5. The minimum absolute atomic E-state index is 0.233. The molecule has 2 heterocycles. The van der Waals surface area contributed by atoms with Crippen LogP contribution in [0.2, 0.25) is 0 Å². The predicted octanol–water partition coefficient (Wildman–Crippen LogP) is 2.96. The first-order valence-corrected chi connectivity index (χ1v) is 7.58. The molecule has 1 atom stereocenters. The quantitative estimate of drug-likeness (QED) is 0.596. The molecule has 0 fully saturated rings. The number of ether oxygens (including phenoxy) is 1. The lowest BCUT2D eigenvalue weighted by Crippen LogP contribution is -2.23. The second kappa shape index (κ2) is 5.78. The van der Waals surface area contributed by atoms with Crippen molar-refractivity contribution in [3.63, 3.8) is 0 Å². The Bertz CT molecular complexity index is 941. The lowest BCUT2D eigenvalue weighted by molar-refractivity contribution is 0.0942. The van der Waals surface area contributed by atoms with Crippen LogP contribution in [0, 0.1) is 0 Å². The van der Waals surface area contributed by atoms with E-state index in [1.807, 2.05) is 59.3 Å². The molecule has 2 N–H and O–H groups in total. The van der Waals surface area contributed by atoms with Crippen LogP contribution in [0.25, 0.3) is 21.9 Å². The van der Waals surface area contributed by atoms with E-state index in [0.29, 0.717) is 6.54 Å². The van der Waals surface area contributed by atoms with Crippen LogP contribution in [0.5, 0.6) is 5.75 Å². The Kier molecular flexibility index (Phi) is 3.48. The first-order chi connectivity index (χ1) is 11.3. The molecule has 5 nitrogen and oxygen atoms in total. The monoisotopic (exact) mass is 307 g/mol. The molecule has 2 aromatic heterocycles. The summed E-state index contributed by atoms with van der Waals surface area (Å²) in [5, 5.41) is 11.3. The zero-order valence-corrected chi connectivity index (χ0v) is 12.5. The molecule has 0 saturated heterocycles. The van der Waals surface area contributed by atoms with E-state index < -0.39 is 6.10 Å². The van der Waals surface area contributed by atoms with Crippen LogP contribution in [-0.4, -0.2) is 32.4 Å². The van der Waals surface area contributed by atoms with Crippen molar-refractivity contribution in [2.24, 2.45) is 0 Å². The standard InChI is InChI=1S/C18H17N3O2/c22-13(10-21-12-20-16-4-1-2-6-17(16)21)11-23-18-7-3-5-15-14(18)8-9-19-15/h1-9,12-13,19,22H,10-11H2/t13-/m1/s1. The van der Waals surface area contributed by atoms with Crippen LogP contribution in [0.15, 0.2) is 61.1 Å². The summed E-state index contributed by atoms with van der Waals surface area (Å²) in [6.07, 6.45) is 3.02. The van der Waals surface area contributed by atoms with Gasteiger partial charge in [0.15, 0.2) is 0 Å². The molecule has 0 unspecified atom stereocenters. The highest BCUT2D eigenvalue weighted by Gasteiger charge is 2.10. The number of rotatable bonds is 5. The number of para-hydroxylation sites is 2. The third-order valence-electron chi connectivity index (χ3n) is 3.92. The number of fused-ring (bicyclic) bond motifs is 2. The fourth-order valence-corrected chi connectivity index (χ4v) is 2.80. The van der Waals surface area contributed by atoms with Crippen molar-refractivity contribution >= 4 is 21.9 Å². The van der Waals surface area contributed by atoms with E-state index in [9.17, 15) is 5.11 Å². The van der Waals surface area contributed by atoms with E-state index >= 15 is 0 Å². The molecular formula is C18H17N3O2. The Balaban J connectivity index is 1.46. The maximum absolute atomic E-state index is 10.3. The maximum Gasteiger partial charge on any atom is 0.128 e. The number of aliphatic hydroxyl groups is 1. The fraction of sp³-hybridized carbons (Fsp3) is 0.167. The molecule has 5 heteroatoms. The van der Waals surface area contributed by atoms with Crippen molar-refractivity contribution in [3.8, 4) is 5.75 Å². The van der Waals surface area contributed by atoms with Gasteiger partial charge in [0, 0.05) is 17.1 Å². The molecule has 0 amide bonds. The first-order valence-electron chi connectivity index (χ1n) is 7.58. The van der Waals surface area contributed by atoms with E-state index in [1.54, 1.807) is 6.33 Å². The molecule has 0 aliphatic carbocycles. The van der Waals surface area contributed by atoms with Crippen LogP contribution in [0.4, 0.5) is 0 Å². The van der Waals surface area contributed by atoms with Crippen molar-refractivity contribution in [2.45, 2.75) is 12.6 Å². The molecule has 0 aliphatic heterocycles. The van der Waals surface area contributed by atoms with Gasteiger partial charge >= 0.3 is 0 Å². The summed E-state index contributed by atoms with van der Waals surface area (Å²) in [4.78, 5) is 7.48. The molecule has 0 spiro atoms. The van der Waals surface area contributed by atoms with Crippen LogP contribution < -0.4 is 4.74 Å². The van der Waals surface area contributed by atoms with Gasteiger partial charge in [-0.05, 0) is 30.3 Å². The topological polar surface area (TPSA) is 63.1 Å². The number of nitrogens with zero attached hydrogens (tertiary/aromatic N) is 2. The molecule has 0 radical (unpaired) electrons.